The van der Waals surface area contributed by atoms with Crippen LogP contribution in [0.1, 0.15) is 96.5 Å². The van der Waals surface area contributed by atoms with Crippen LogP contribution >= 0.6 is 0 Å². The molecule has 0 saturated heterocycles. The fourth-order valence-electron chi connectivity index (χ4n) is 8.67. The van der Waals surface area contributed by atoms with Crippen molar-refractivity contribution in [3.05, 3.63) is 144 Å². The molecule has 0 amide bonds. The summed E-state index contributed by atoms with van der Waals surface area (Å²) < 4.78 is 7.02. The van der Waals surface area contributed by atoms with E-state index in [1.54, 1.807) is 0 Å². The lowest BCUT2D eigenvalue weighted by Crippen LogP contribution is -2.16. The van der Waals surface area contributed by atoms with Gasteiger partial charge >= 0.3 is 0 Å². The van der Waals surface area contributed by atoms with Gasteiger partial charge < -0.3 is 13.2 Å². The van der Waals surface area contributed by atoms with Crippen LogP contribution in [0, 0.1) is 5.92 Å². The maximum atomic E-state index is 5.41. The fraction of sp³-hybridized carbons (Fsp3) is 0.327. The van der Waals surface area contributed by atoms with Gasteiger partial charge in [-0.2, -0.15) is 0 Å². The summed E-state index contributed by atoms with van der Waals surface area (Å²) in [7, 11) is 0. The van der Waals surface area contributed by atoms with Crippen LogP contribution < -0.4 is 0 Å². The molecule has 0 atom stereocenters. The highest BCUT2D eigenvalue weighted by molar-refractivity contribution is 5.96. The number of benzene rings is 3. The molecule has 0 N–H and O–H groups in total. The molecule has 0 unspecified atom stereocenters. The second kappa shape index (κ2) is 12.5. The van der Waals surface area contributed by atoms with Crippen LogP contribution in [-0.2, 0) is 35.5 Å². The molecular weight excluding hydrogens is 673 g/mol. The van der Waals surface area contributed by atoms with Crippen molar-refractivity contribution in [2.24, 2.45) is 5.92 Å². The molecule has 3 aromatic carbocycles. The topological polar surface area (TPSA) is 51.9 Å². The lowest BCUT2D eigenvalue weighted by Gasteiger charge is -2.21. The van der Waals surface area contributed by atoms with Crippen molar-refractivity contribution < 1.29 is 0 Å². The molecular formula is C49H52N6. The van der Waals surface area contributed by atoms with Gasteiger partial charge in [0.2, 0.25) is 0 Å². The summed E-state index contributed by atoms with van der Waals surface area (Å²) in [6, 6.07) is 33.0. The van der Waals surface area contributed by atoms with Crippen molar-refractivity contribution in [3.8, 4) is 0 Å². The van der Waals surface area contributed by atoms with E-state index >= 15 is 0 Å². The minimum atomic E-state index is -0.0478. The molecule has 9 aromatic rings. The summed E-state index contributed by atoms with van der Waals surface area (Å²) in [5, 5.41) is 7.23. The highest BCUT2D eigenvalue weighted by atomic mass is 15.0. The van der Waals surface area contributed by atoms with E-state index in [4.69, 9.17) is 15.0 Å². The predicted molar refractivity (Wildman–Crippen MR) is 229 cm³/mol. The minimum Gasteiger partial charge on any atom is -0.303 e. The molecule has 6 aromatic heterocycles. The van der Waals surface area contributed by atoms with Gasteiger partial charge in [0.25, 0.3) is 0 Å². The van der Waals surface area contributed by atoms with Crippen molar-refractivity contribution in [1.82, 2.24) is 28.2 Å². The van der Waals surface area contributed by atoms with Gasteiger partial charge in [0.1, 0.15) is 16.9 Å². The second-order valence-corrected chi connectivity index (χ2v) is 18.9. The highest BCUT2D eigenvalue weighted by Crippen LogP contribution is 2.34. The molecule has 0 spiro atoms. The Morgan fingerprint density at radius 1 is 0.418 bits per heavy atom. The molecule has 0 aliphatic carbocycles. The first kappa shape index (κ1) is 35.2. The van der Waals surface area contributed by atoms with Gasteiger partial charge in [0.15, 0.2) is 0 Å². The Bertz CT molecular complexity index is 2600. The summed E-state index contributed by atoms with van der Waals surface area (Å²) in [5.41, 5.74) is 10.0. The Balaban J connectivity index is 1.19. The summed E-state index contributed by atoms with van der Waals surface area (Å²) in [5.74, 6) is 0.206. The summed E-state index contributed by atoms with van der Waals surface area (Å²) in [6.07, 6.45) is 9.29. The number of nitrogens with zero attached hydrogens (tertiary/aromatic N) is 6. The van der Waals surface area contributed by atoms with Crippen LogP contribution in [0.4, 0.5) is 0 Å². The molecule has 278 valence electrons. The molecule has 6 heteroatoms. The van der Waals surface area contributed by atoms with E-state index in [1.165, 1.54) is 49.4 Å². The zero-order valence-electron chi connectivity index (χ0n) is 33.8. The average Bonchev–Trinajstić information content (AvgIpc) is 3.86. The van der Waals surface area contributed by atoms with Crippen molar-refractivity contribution in [3.63, 3.8) is 0 Å². The number of imidazole rings is 3. The molecule has 0 bridgehead atoms. The molecule has 6 heterocycles. The van der Waals surface area contributed by atoms with Crippen molar-refractivity contribution in [2.45, 2.75) is 97.8 Å². The van der Waals surface area contributed by atoms with Gasteiger partial charge in [-0.3, -0.25) is 0 Å². The molecule has 0 saturated carbocycles. The Hall–Kier alpha value is -5.49. The second-order valence-electron chi connectivity index (χ2n) is 18.9. The summed E-state index contributed by atoms with van der Waals surface area (Å²) in [4.78, 5) is 16.2. The van der Waals surface area contributed by atoms with E-state index < -0.39 is 0 Å². The van der Waals surface area contributed by atoms with Crippen molar-refractivity contribution >= 4 is 49.3 Å². The van der Waals surface area contributed by atoms with Crippen LogP contribution in [0.25, 0.3) is 49.3 Å². The van der Waals surface area contributed by atoms with E-state index in [9.17, 15) is 0 Å². The first-order valence-electron chi connectivity index (χ1n) is 19.8. The van der Waals surface area contributed by atoms with E-state index in [0.717, 1.165) is 53.3 Å². The standard InChI is InChI=1S/C49H52N6/c1-47(2,3)41-25-32-16-10-13-19-38(32)44-50-35(28-53(41)44)22-31(23-36-29-54-42(48(4,5)6)26-33-17-11-14-20-39(33)45(54)51-36)24-37-30-55-43(49(7,8)9)27-34-18-12-15-21-40(34)46(55)52-37/h10-21,25-31H,22-24H2,1-9H3. The Labute approximate surface area is 323 Å². The number of aromatic nitrogens is 6. The lowest BCUT2D eigenvalue weighted by molar-refractivity contribution is 0.503. The SMILES string of the molecule is CC(C)(C)c1cc2ccccc2c2nc(CC(Cc3cn4c(C(C)(C)C)cc5ccccc5c4n3)Cc3cn4c(C(C)(C)C)cc5ccccc5c4n3)cn12. The first-order chi connectivity index (χ1) is 26.1. The normalized spacial score (nSPS) is 13.2. The monoisotopic (exact) mass is 724 g/mol. The Morgan fingerprint density at radius 3 is 0.964 bits per heavy atom. The van der Waals surface area contributed by atoms with E-state index in [1.807, 2.05) is 0 Å². The van der Waals surface area contributed by atoms with E-state index in [-0.39, 0.29) is 22.2 Å². The first-order valence-corrected chi connectivity index (χ1v) is 19.8. The van der Waals surface area contributed by atoms with Gasteiger partial charge in [-0.05, 0) is 59.5 Å². The molecule has 9 rings (SSSR count). The average molecular weight is 725 g/mol. The van der Waals surface area contributed by atoms with Gasteiger partial charge in [0.05, 0.1) is 17.1 Å². The van der Waals surface area contributed by atoms with Crippen LogP contribution in [0.3, 0.4) is 0 Å². The van der Waals surface area contributed by atoms with Crippen molar-refractivity contribution in [2.75, 3.05) is 0 Å². The zero-order valence-corrected chi connectivity index (χ0v) is 33.8. The lowest BCUT2D eigenvalue weighted by atomic mass is 9.90. The number of fused-ring (bicyclic) bond motifs is 9. The molecule has 0 aliphatic heterocycles. The Kier molecular flexibility index (Phi) is 8.02. The van der Waals surface area contributed by atoms with E-state index in [0.29, 0.717) is 0 Å². The smallest absolute Gasteiger partial charge is 0.145 e. The largest absolute Gasteiger partial charge is 0.303 e. The van der Waals surface area contributed by atoms with Crippen LogP contribution in [0.15, 0.2) is 110 Å². The molecule has 55 heavy (non-hydrogen) atoms. The number of hydrogen-bond acceptors (Lipinski definition) is 3. The summed E-state index contributed by atoms with van der Waals surface area (Å²) in [6.45, 7) is 20.6. The third kappa shape index (κ3) is 6.26. The van der Waals surface area contributed by atoms with Crippen molar-refractivity contribution in [1.29, 1.82) is 0 Å². The maximum absolute atomic E-state index is 5.41. The Morgan fingerprint density at radius 2 is 0.691 bits per heavy atom. The van der Waals surface area contributed by atoms with Gasteiger partial charge in [0, 0.05) is 68.1 Å². The van der Waals surface area contributed by atoms with Crippen LogP contribution in [0.2, 0.25) is 0 Å². The highest BCUT2D eigenvalue weighted by Gasteiger charge is 2.26. The van der Waals surface area contributed by atoms with Crippen LogP contribution in [0.5, 0.6) is 0 Å². The quantitative estimate of drug-likeness (QED) is 0.172. The van der Waals surface area contributed by atoms with Gasteiger partial charge in [-0.25, -0.2) is 15.0 Å². The predicted octanol–water partition coefficient (Wildman–Crippen LogP) is 11.6. The third-order valence-electron chi connectivity index (χ3n) is 11.3. The van der Waals surface area contributed by atoms with E-state index in [2.05, 4.69) is 185 Å². The summed E-state index contributed by atoms with van der Waals surface area (Å²) >= 11 is 0. The third-order valence-corrected chi connectivity index (χ3v) is 11.3. The number of hydrogen-bond donors (Lipinski definition) is 0. The molecule has 0 radical (unpaired) electrons. The maximum Gasteiger partial charge on any atom is 0.145 e. The molecule has 6 nitrogen and oxygen atoms in total. The minimum absolute atomic E-state index is 0.0478. The number of rotatable bonds is 6. The van der Waals surface area contributed by atoms with Gasteiger partial charge in [-0.1, -0.05) is 135 Å². The van der Waals surface area contributed by atoms with Gasteiger partial charge in [-0.15, -0.1) is 0 Å². The fourth-order valence-corrected chi connectivity index (χ4v) is 8.67. The zero-order chi connectivity index (χ0) is 38.4. The molecule has 0 aliphatic rings. The number of pyridine rings is 3. The van der Waals surface area contributed by atoms with Crippen LogP contribution in [-0.4, -0.2) is 28.2 Å². The molecule has 0 fully saturated rings.